The molecule has 9 heteroatoms. The molecule has 4 aromatic rings. The first-order valence-corrected chi connectivity index (χ1v) is 10.9. The van der Waals surface area contributed by atoms with Gasteiger partial charge in [0.2, 0.25) is 0 Å². The highest BCUT2D eigenvalue weighted by atomic mass is 16.5. The first-order valence-electron chi connectivity index (χ1n) is 10.9. The van der Waals surface area contributed by atoms with Gasteiger partial charge in [0.05, 0.1) is 43.4 Å². The molecule has 0 radical (unpaired) electrons. The van der Waals surface area contributed by atoms with E-state index in [1.54, 1.807) is 26.6 Å². The Balaban J connectivity index is 1.60. The number of aryl methyl sites for hydroxylation is 1. The number of likely N-dealkylation sites (tertiary alicyclic amines) is 1. The van der Waals surface area contributed by atoms with E-state index in [-0.39, 0.29) is 5.91 Å². The molecule has 1 fully saturated rings. The molecule has 1 atom stereocenters. The van der Waals surface area contributed by atoms with E-state index in [0.29, 0.717) is 40.6 Å². The first kappa shape index (κ1) is 21.0. The number of ether oxygens (including phenoxy) is 2. The molecule has 0 spiro atoms. The molecule has 2 aromatic carbocycles. The minimum atomic E-state index is -0.620. The van der Waals surface area contributed by atoms with E-state index in [4.69, 9.17) is 14.5 Å². The second kappa shape index (κ2) is 7.91. The number of benzene rings is 2. The van der Waals surface area contributed by atoms with Crippen LogP contribution in [0.25, 0.3) is 16.7 Å². The van der Waals surface area contributed by atoms with Gasteiger partial charge in [-0.3, -0.25) is 4.79 Å². The Morgan fingerprint density at radius 1 is 1.09 bits per heavy atom. The van der Waals surface area contributed by atoms with Crippen LogP contribution in [0, 0.1) is 6.92 Å². The molecule has 0 aliphatic carbocycles. The summed E-state index contributed by atoms with van der Waals surface area (Å²) < 4.78 is 11.0. The number of rotatable bonds is 5. The second-order valence-corrected chi connectivity index (χ2v) is 8.45. The van der Waals surface area contributed by atoms with Gasteiger partial charge in [0.15, 0.2) is 0 Å². The summed E-state index contributed by atoms with van der Waals surface area (Å²) in [5, 5.41) is 8.47. The van der Waals surface area contributed by atoms with Gasteiger partial charge in [-0.05, 0) is 51.0 Å². The zero-order valence-electron chi connectivity index (χ0n) is 19.1. The quantitative estimate of drug-likeness (QED) is 0.503. The molecule has 1 aliphatic rings. The van der Waals surface area contributed by atoms with Crippen LogP contribution in [0.15, 0.2) is 42.7 Å². The molecule has 0 bridgehead atoms. The fourth-order valence-electron chi connectivity index (χ4n) is 4.65. The first-order chi connectivity index (χ1) is 16.0. The molecule has 3 heterocycles. The van der Waals surface area contributed by atoms with Crippen molar-refractivity contribution >= 4 is 16.9 Å². The number of nitrogens with zero attached hydrogens (tertiary/aromatic N) is 5. The molecule has 9 nitrogen and oxygen atoms in total. The van der Waals surface area contributed by atoms with E-state index in [1.807, 2.05) is 42.2 Å². The van der Waals surface area contributed by atoms with E-state index < -0.39 is 5.54 Å². The smallest absolute Gasteiger partial charge is 0.256 e. The lowest BCUT2D eigenvalue weighted by Crippen LogP contribution is -2.44. The second-order valence-electron chi connectivity index (χ2n) is 8.45. The Morgan fingerprint density at radius 3 is 2.55 bits per heavy atom. The Labute approximate surface area is 191 Å². The molecule has 1 aliphatic heterocycles. The van der Waals surface area contributed by atoms with Crippen molar-refractivity contribution in [3.8, 4) is 17.2 Å². The van der Waals surface area contributed by atoms with Gasteiger partial charge in [-0.15, -0.1) is 0 Å². The molecule has 1 saturated heterocycles. The molecule has 5 rings (SSSR count). The number of carbonyl (C=O) groups excluding carboxylic acids is 1. The van der Waals surface area contributed by atoms with Crippen molar-refractivity contribution in [3.05, 3.63) is 59.7 Å². The number of aromatic nitrogens is 5. The van der Waals surface area contributed by atoms with Crippen molar-refractivity contribution in [2.24, 2.45) is 0 Å². The summed E-state index contributed by atoms with van der Waals surface area (Å²) in [6.07, 6.45) is 4.85. The van der Waals surface area contributed by atoms with Gasteiger partial charge in [-0.2, -0.15) is 15.0 Å². The van der Waals surface area contributed by atoms with Crippen molar-refractivity contribution in [2.45, 2.75) is 32.2 Å². The Bertz CT molecular complexity index is 1290. The number of nitrogens with one attached hydrogen (secondary N) is 1. The molecule has 1 amide bonds. The van der Waals surface area contributed by atoms with Crippen molar-refractivity contribution in [2.75, 3.05) is 20.8 Å². The molecule has 0 saturated carbocycles. The number of methoxy groups -OCH3 is 2. The Morgan fingerprint density at radius 2 is 1.82 bits per heavy atom. The van der Waals surface area contributed by atoms with Crippen LogP contribution < -0.4 is 9.47 Å². The molecule has 1 unspecified atom stereocenters. The van der Waals surface area contributed by atoms with E-state index >= 15 is 0 Å². The highest BCUT2D eigenvalue weighted by molar-refractivity contribution is 5.98. The summed E-state index contributed by atoms with van der Waals surface area (Å²) in [6, 6.07) is 9.41. The monoisotopic (exact) mass is 446 g/mol. The molecule has 170 valence electrons. The van der Waals surface area contributed by atoms with Gasteiger partial charge in [0, 0.05) is 6.54 Å². The van der Waals surface area contributed by atoms with Gasteiger partial charge >= 0.3 is 0 Å². The van der Waals surface area contributed by atoms with Crippen LogP contribution >= 0.6 is 0 Å². The SMILES string of the molecule is COc1ccc(OC)c2[nH]c(C3(C)CCCN3C(=O)c3cc(C)ccc3-n3nccn3)nc12. The maximum Gasteiger partial charge on any atom is 0.256 e. The standard InChI is InChI=1S/C24H26N6O3/c1-15-6-7-17(30-25-11-12-26-30)16(14-15)22(31)29-13-5-10-24(29,2)23-27-20-18(32-3)8-9-19(33-4)21(20)28-23/h6-9,11-12,14H,5,10,13H2,1-4H3,(H,27,28). The van der Waals surface area contributed by atoms with Crippen molar-refractivity contribution in [1.29, 1.82) is 0 Å². The van der Waals surface area contributed by atoms with Crippen LogP contribution in [-0.4, -0.2) is 56.5 Å². The average Bonchev–Trinajstić information content (AvgIpc) is 3.58. The predicted octanol–water partition coefficient (Wildman–Crippen LogP) is 3.62. The molecule has 2 aromatic heterocycles. The summed E-state index contributed by atoms with van der Waals surface area (Å²) in [5.41, 5.74) is 3.02. The fraction of sp³-hybridized carbons (Fsp3) is 0.333. The number of imidazole rings is 1. The third-order valence-corrected chi connectivity index (χ3v) is 6.42. The zero-order valence-corrected chi connectivity index (χ0v) is 19.1. The summed E-state index contributed by atoms with van der Waals surface area (Å²) in [5.74, 6) is 1.95. The highest BCUT2D eigenvalue weighted by Gasteiger charge is 2.44. The number of carbonyl (C=O) groups is 1. The number of H-pyrrole nitrogens is 1. The van der Waals surface area contributed by atoms with E-state index in [1.165, 1.54) is 4.80 Å². The minimum Gasteiger partial charge on any atom is -0.494 e. The Kier molecular flexibility index (Phi) is 5.03. The van der Waals surface area contributed by atoms with Gasteiger partial charge in [0.1, 0.15) is 28.4 Å². The van der Waals surface area contributed by atoms with Crippen LogP contribution in [0.3, 0.4) is 0 Å². The van der Waals surface area contributed by atoms with Gasteiger partial charge in [0.25, 0.3) is 5.91 Å². The van der Waals surface area contributed by atoms with E-state index in [9.17, 15) is 4.79 Å². The van der Waals surface area contributed by atoms with Crippen molar-refractivity contribution in [3.63, 3.8) is 0 Å². The lowest BCUT2D eigenvalue weighted by molar-refractivity contribution is 0.0605. The summed E-state index contributed by atoms with van der Waals surface area (Å²) in [4.78, 5) is 25.6. The van der Waals surface area contributed by atoms with Gasteiger partial charge in [-0.25, -0.2) is 4.98 Å². The maximum atomic E-state index is 13.9. The normalized spacial score (nSPS) is 18.1. The van der Waals surface area contributed by atoms with Crippen LogP contribution in [0.5, 0.6) is 11.5 Å². The lowest BCUT2D eigenvalue weighted by Gasteiger charge is -2.34. The van der Waals surface area contributed by atoms with Crippen molar-refractivity contribution < 1.29 is 14.3 Å². The van der Waals surface area contributed by atoms with Crippen molar-refractivity contribution in [1.82, 2.24) is 29.9 Å². The van der Waals surface area contributed by atoms with Crippen LogP contribution in [-0.2, 0) is 5.54 Å². The maximum absolute atomic E-state index is 13.9. The van der Waals surface area contributed by atoms with Crippen LogP contribution in [0.4, 0.5) is 0 Å². The minimum absolute atomic E-state index is 0.0783. The van der Waals surface area contributed by atoms with Gasteiger partial charge in [-0.1, -0.05) is 11.6 Å². The molecular weight excluding hydrogens is 420 g/mol. The lowest BCUT2D eigenvalue weighted by atomic mass is 9.96. The van der Waals surface area contributed by atoms with Crippen LogP contribution in [0.2, 0.25) is 0 Å². The number of hydrogen-bond acceptors (Lipinski definition) is 6. The van der Waals surface area contributed by atoms with Gasteiger partial charge < -0.3 is 19.4 Å². The summed E-state index contributed by atoms with van der Waals surface area (Å²) in [6.45, 7) is 4.65. The molecule has 33 heavy (non-hydrogen) atoms. The highest BCUT2D eigenvalue weighted by Crippen LogP contribution is 2.41. The zero-order chi connectivity index (χ0) is 23.2. The third-order valence-electron chi connectivity index (χ3n) is 6.42. The molecule has 1 N–H and O–H groups in total. The largest absolute Gasteiger partial charge is 0.494 e. The number of hydrogen-bond donors (Lipinski definition) is 1. The van der Waals surface area contributed by atoms with Crippen LogP contribution in [0.1, 0.15) is 41.5 Å². The summed E-state index contributed by atoms with van der Waals surface area (Å²) in [7, 11) is 3.24. The number of amides is 1. The fourth-order valence-corrected chi connectivity index (χ4v) is 4.65. The number of fused-ring (bicyclic) bond motifs is 1. The predicted molar refractivity (Wildman–Crippen MR) is 123 cm³/mol. The summed E-state index contributed by atoms with van der Waals surface area (Å²) >= 11 is 0. The van der Waals surface area contributed by atoms with E-state index in [2.05, 4.69) is 22.1 Å². The molecular formula is C24H26N6O3. The third kappa shape index (κ3) is 3.31. The Hall–Kier alpha value is -3.88. The number of aromatic amines is 1. The average molecular weight is 447 g/mol. The topological polar surface area (TPSA) is 98.2 Å². The van der Waals surface area contributed by atoms with E-state index in [0.717, 1.165) is 23.9 Å².